The van der Waals surface area contributed by atoms with Gasteiger partial charge in [-0.2, -0.15) is 0 Å². The van der Waals surface area contributed by atoms with Crippen molar-refractivity contribution in [3.05, 3.63) is 0 Å². The van der Waals surface area contributed by atoms with Gasteiger partial charge in [0.1, 0.15) is 5.78 Å². The van der Waals surface area contributed by atoms with E-state index in [0.29, 0.717) is 0 Å². The monoisotopic (exact) mass is 179 g/mol. The van der Waals surface area contributed by atoms with Gasteiger partial charge in [0.2, 0.25) is 6.29 Å². The topological polar surface area (TPSA) is 34.1 Å². The standard InChI is InChI=1S/C11H15O2/c12-8-11(6-1-2-7-11)10(13)9-4-3-5-9/h9H,1-7H2. The highest BCUT2D eigenvalue weighted by Crippen LogP contribution is 2.43. The SMILES string of the molecule is O=[C]C1(C(=O)C2CCC2)CCCC1. The van der Waals surface area contributed by atoms with E-state index in [4.69, 9.17) is 0 Å². The lowest BCUT2D eigenvalue weighted by Crippen LogP contribution is -2.38. The number of hydrogen-bond acceptors (Lipinski definition) is 2. The summed E-state index contributed by atoms with van der Waals surface area (Å²) in [5.74, 6) is 0.394. The Morgan fingerprint density at radius 2 is 1.77 bits per heavy atom. The minimum absolute atomic E-state index is 0.194. The first kappa shape index (κ1) is 8.92. The summed E-state index contributed by atoms with van der Waals surface area (Å²) in [6, 6.07) is 0. The molecule has 2 saturated carbocycles. The molecule has 0 spiro atoms. The van der Waals surface area contributed by atoms with Crippen LogP contribution in [0.4, 0.5) is 0 Å². The van der Waals surface area contributed by atoms with Gasteiger partial charge in [-0.1, -0.05) is 19.3 Å². The normalized spacial score (nSPS) is 26.8. The number of carbonyl (C=O) groups is 1. The maximum absolute atomic E-state index is 11.9. The summed E-state index contributed by atoms with van der Waals surface area (Å²) in [4.78, 5) is 22.8. The van der Waals surface area contributed by atoms with E-state index in [1.165, 1.54) is 0 Å². The van der Waals surface area contributed by atoms with E-state index in [-0.39, 0.29) is 11.7 Å². The zero-order chi connectivity index (χ0) is 9.31. The van der Waals surface area contributed by atoms with Crippen LogP contribution in [0.15, 0.2) is 0 Å². The van der Waals surface area contributed by atoms with Crippen LogP contribution in [0.2, 0.25) is 0 Å². The van der Waals surface area contributed by atoms with Crippen molar-refractivity contribution in [2.45, 2.75) is 44.9 Å². The maximum atomic E-state index is 11.9. The van der Waals surface area contributed by atoms with Crippen molar-refractivity contribution in [2.24, 2.45) is 11.3 Å². The van der Waals surface area contributed by atoms with E-state index >= 15 is 0 Å². The summed E-state index contributed by atoms with van der Waals surface area (Å²) in [6.45, 7) is 0. The summed E-state index contributed by atoms with van der Waals surface area (Å²) in [5, 5.41) is 0. The molecule has 0 heterocycles. The molecule has 2 aliphatic carbocycles. The first-order valence-corrected chi connectivity index (χ1v) is 5.22. The minimum Gasteiger partial charge on any atom is -0.298 e. The van der Waals surface area contributed by atoms with Crippen molar-refractivity contribution < 1.29 is 9.59 Å². The van der Waals surface area contributed by atoms with Gasteiger partial charge in [0.25, 0.3) is 0 Å². The van der Waals surface area contributed by atoms with Gasteiger partial charge in [-0.05, 0) is 25.7 Å². The fourth-order valence-corrected chi connectivity index (χ4v) is 2.44. The Balaban J connectivity index is 2.10. The van der Waals surface area contributed by atoms with Gasteiger partial charge in [0.15, 0.2) is 0 Å². The third kappa shape index (κ3) is 1.32. The molecule has 0 unspecified atom stereocenters. The second-order valence-electron chi connectivity index (χ2n) is 4.38. The highest BCUT2D eigenvalue weighted by Gasteiger charge is 2.45. The first-order valence-electron chi connectivity index (χ1n) is 5.22. The van der Waals surface area contributed by atoms with Crippen LogP contribution < -0.4 is 0 Å². The highest BCUT2D eigenvalue weighted by atomic mass is 16.1. The van der Waals surface area contributed by atoms with Crippen LogP contribution in [0.1, 0.15) is 44.9 Å². The zero-order valence-electron chi connectivity index (χ0n) is 7.84. The zero-order valence-corrected chi connectivity index (χ0v) is 7.84. The lowest BCUT2D eigenvalue weighted by molar-refractivity contribution is -0.131. The van der Waals surface area contributed by atoms with E-state index in [1.54, 1.807) is 0 Å². The molecular formula is C11H15O2. The molecule has 2 aliphatic rings. The molecule has 1 radical (unpaired) electrons. The van der Waals surface area contributed by atoms with Gasteiger partial charge in [-0.15, -0.1) is 0 Å². The Kier molecular flexibility index (Phi) is 2.22. The number of Topliss-reactive ketones (excluding diaryl/α,β-unsaturated/α-hetero) is 1. The molecular weight excluding hydrogens is 164 g/mol. The van der Waals surface area contributed by atoms with Gasteiger partial charge in [0, 0.05) is 5.92 Å². The predicted molar refractivity (Wildman–Crippen MR) is 48.9 cm³/mol. The molecule has 13 heavy (non-hydrogen) atoms. The van der Waals surface area contributed by atoms with Gasteiger partial charge in [-0.25, -0.2) is 0 Å². The Hall–Kier alpha value is -0.660. The average Bonchev–Trinajstić information content (AvgIpc) is 2.49. The quantitative estimate of drug-likeness (QED) is 0.621. The molecule has 0 atom stereocenters. The summed E-state index contributed by atoms with van der Waals surface area (Å²) in [6.07, 6.45) is 8.74. The molecule has 0 N–H and O–H groups in total. The fraction of sp³-hybridized carbons (Fsp3) is 0.818. The second-order valence-corrected chi connectivity index (χ2v) is 4.38. The number of hydrogen-bond donors (Lipinski definition) is 0. The summed E-state index contributed by atoms with van der Waals surface area (Å²) >= 11 is 0. The Morgan fingerprint density at radius 3 is 2.15 bits per heavy atom. The molecule has 71 valence electrons. The fourth-order valence-electron chi connectivity index (χ4n) is 2.44. The van der Waals surface area contributed by atoms with Gasteiger partial charge >= 0.3 is 0 Å². The molecule has 0 aromatic heterocycles. The summed E-state index contributed by atoms with van der Waals surface area (Å²) in [5.41, 5.74) is -0.676. The first-order chi connectivity index (χ1) is 6.28. The van der Waals surface area contributed by atoms with Crippen LogP contribution in [-0.2, 0) is 9.59 Å². The third-order valence-electron chi connectivity index (χ3n) is 3.60. The molecule has 0 bridgehead atoms. The van der Waals surface area contributed by atoms with Gasteiger partial charge in [-0.3, -0.25) is 9.59 Å². The lowest BCUT2D eigenvalue weighted by atomic mass is 9.70. The highest BCUT2D eigenvalue weighted by molar-refractivity contribution is 6.00. The molecule has 0 aliphatic heterocycles. The van der Waals surface area contributed by atoms with Crippen molar-refractivity contribution in [1.82, 2.24) is 0 Å². The Labute approximate surface area is 78.7 Å². The molecule has 2 fully saturated rings. The summed E-state index contributed by atoms with van der Waals surface area (Å²) < 4.78 is 0. The molecule has 0 aromatic rings. The summed E-state index contributed by atoms with van der Waals surface area (Å²) in [7, 11) is 0. The van der Waals surface area contributed by atoms with Crippen LogP contribution in [0.25, 0.3) is 0 Å². The average molecular weight is 179 g/mol. The van der Waals surface area contributed by atoms with Crippen molar-refractivity contribution in [1.29, 1.82) is 0 Å². The van der Waals surface area contributed by atoms with Crippen molar-refractivity contribution in [3.63, 3.8) is 0 Å². The van der Waals surface area contributed by atoms with Crippen LogP contribution >= 0.6 is 0 Å². The third-order valence-corrected chi connectivity index (χ3v) is 3.60. The lowest BCUT2D eigenvalue weighted by Gasteiger charge is -2.30. The second kappa shape index (κ2) is 3.24. The van der Waals surface area contributed by atoms with E-state index in [9.17, 15) is 9.59 Å². The van der Waals surface area contributed by atoms with E-state index in [2.05, 4.69) is 0 Å². The molecule has 0 amide bonds. The van der Waals surface area contributed by atoms with Crippen molar-refractivity contribution >= 4 is 12.1 Å². The van der Waals surface area contributed by atoms with Crippen LogP contribution in [0.3, 0.4) is 0 Å². The molecule has 2 nitrogen and oxygen atoms in total. The minimum atomic E-state index is -0.676. The Bertz CT molecular complexity index is 222. The van der Waals surface area contributed by atoms with Crippen molar-refractivity contribution in [2.75, 3.05) is 0 Å². The van der Waals surface area contributed by atoms with E-state index in [0.717, 1.165) is 44.9 Å². The van der Waals surface area contributed by atoms with Gasteiger partial charge in [0.05, 0.1) is 5.41 Å². The molecule has 2 rings (SSSR count). The number of rotatable bonds is 3. The largest absolute Gasteiger partial charge is 0.298 e. The van der Waals surface area contributed by atoms with Crippen LogP contribution in [0.5, 0.6) is 0 Å². The van der Waals surface area contributed by atoms with Gasteiger partial charge < -0.3 is 0 Å². The van der Waals surface area contributed by atoms with Crippen molar-refractivity contribution in [3.8, 4) is 0 Å². The molecule has 2 heteroatoms. The number of carbonyl (C=O) groups excluding carboxylic acids is 2. The predicted octanol–water partition coefficient (Wildman–Crippen LogP) is 2.03. The molecule has 0 aromatic carbocycles. The smallest absolute Gasteiger partial charge is 0.212 e. The molecule has 0 saturated heterocycles. The number of ketones is 1. The van der Waals surface area contributed by atoms with E-state index in [1.807, 2.05) is 6.29 Å². The van der Waals surface area contributed by atoms with E-state index < -0.39 is 5.41 Å². The van der Waals surface area contributed by atoms with Crippen LogP contribution in [0, 0.1) is 11.3 Å². The Morgan fingerprint density at radius 1 is 1.15 bits per heavy atom. The van der Waals surface area contributed by atoms with Crippen LogP contribution in [-0.4, -0.2) is 12.1 Å². The maximum Gasteiger partial charge on any atom is 0.212 e.